The van der Waals surface area contributed by atoms with E-state index in [1.807, 2.05) is 20.8 Å². The normalized spacial score (nSPS) is 12.1. The van der Waals surface area contributed by atoms with E-state index in [4.69, 9.17) is 0 Å². The van der Waals surface area contributed by atoms with Gasteiger partial charge in [0.05, 0.1) is 5.56 Å². The van der Waals surface area contributed by atoms with E-state index in [0.29, 0.717) is 12.1 Å². The van der Waals surface area contributed by atoms with Crippen LogP contribution in [0.2, 0.25) is 0 Å². The summed E-state index contributed by atoms with van der Waals surface area (Å²) in [6, 6.07) is 10.4. The summed E-state index contributed by atoms with van der Waals surface area (Å²) in [6.45, 7) is 7.54. The number of rotatable bonds is 5. The van der Waals surface area contributed by atoms with E-state index in [0.717, 1.165) is 4.57 Å². The average molecular weight is 445 g/mol. The second-order valence-corrected chi connectivity index (χ2v) is 9.06. The van der Waals surface area contributed by atoms with Crippen LogP contribution < -0.4 is 0 Å². The predicted molar refractivity (Wildman–Crippen MR) is 117 cm³/mol. The number of hydrogen-bond donors (Lipinski definition) is 0. The fraction of sp³-hybridized carbons (Fsp3) is 0.375. The first-order chi connectivity index (χ1) is 14.9. The summed E-state index contributed by atoms with van der Waals surface area (Å²) >= 11 is 0. The van der Waals surface area contributed by atoms with Crippen molar-refractivity contribution in [1.82, 2.24) is 19.4 Å². The van der Waals surface area contributed by atoms with Crippen LogP contribution in [0.1, 0.15) is 48.1 Å². The summed E-state index contributed by atoms with van der Waals surface area (Å²) in [7, 11) is 1.60. The molecule has 0 spiro atoms. The van der Waals surface area contributed by atoms with Crippen LogP contribution >= 0.6 is 0 Å². The predicted octanol–water partition coefficient (Wildman–Crippen LogP) is 5.44. The van der Waals surface area contributed by atoms with Gasteiger partial charge >= 0.3 is 6.18 Å². The van der Waals surface area contributed by atoms with Crippen molar-refractivity contribution in [1.29, 1.82) is 0 Å². The number of halogens is 3. The Morgan fingerprint density at radius 3 is 2.16 bits per heavy atom. The highest BCUT2D eigenvalue weighted by Gasteiger charge is 2.42. The zero-order valence-electron chi connectivity index (χ0n) is 18.9. The molecule has 0 saturated carbocycles. The lowest BCUT2D eigenvalue weighted by Gasteiger charge is -2.27. The van der Waals surface area contributed by atoms with Crippen molar-refractivity contribution in [2.24, 2.45) is 5.41 Å². The van der Waals surface area contributed by atoms with E-state index in [2.05, 4.69) is 9.97 Å². The van der Waals surface area contributed by atoms with Gasteiger partial charge in [0.1, 0.15) is 11.4 Å². The Hall–Kier alpha value is -3.16. The Balaban J connectivity index is 2.31. The molecule has 170 valence electrons. The van der Waals surface area contributed by atoms with Crippen LogP contribution in [0, 0.1) is 12.3 Å². The van der Waals surface area contributed by atoms with Crippen molar-refractivity contribution in [3.63, 3.8) is 0 Å². The maximum atomic E-state index is 14.3. The smallest absolute Gasteiger partial charge is 0.340 e. The molecular weight excluding hydrogens is 417 g/mol. The molecule has 2 heterocycles. The van der Waals surface area contributed by atoms with Gasteiger partial charge in [0.15, 0.2) is 5.82 Å². The Kier molecular flexibility index (Phi) is 6.44. The SMILES string of the molecule is Cc1c(-c2ncccn2)c(C(=O)N(C)CC(C)(C)C)n(Cc2ccccc2)c1C(F)(F)F. The summed E-state index contributed by atoms with van der Waals surface area (Å²) < 4.78 is 43.9. The van der Waals surface area contributed by atoms with Crippen molar-refractivity contribution in [2.45, 2.75) is 40.4 Å². The number of amides is 1. The summed E-state index contributed by atoms with van der Waals surface area (Å²) in [5, 5.41) is 0. The van der Waals surface area contributed by atoms with Gasteiger partial charge in [-0.15, -0.1) is 0 Å². The highest BCUT2D eigenvalue weighted by Crippen LogP contribution is 2.40. The molecule has 0 fully saturated rings. The monoisotopic (exact) mass is 444 g/mol. The highest BCUT2D eigenvalue weighted by atomic mass is 19.4. The first-order valence-electron chi connectivity index (χ1n) is 10.3. The molecule has 0 unspecified atom stereocenters. The zero-order valence-corrected chi connectivity index (χ0v) is 18.9. The zero-order chi connectivity index (χ0) is 23.7. The maximum absolute atomic E-state index is 14.3. The van der Waals surface area contributed by atoms with Crippen molar-refractivity contribution < 1.29 is 18.0 Å². The number of hydrogen-bond acceptors (Lipinski definition) is 3. The maximum Gasteiger partial charge on any atom is 0.431 e. The Morgan fingerprint density at radius 1 is 1.03 bits per heavy atom. The summed E-state index contributed by atoms with van der Waals surface area (Å²) in [4.78, 5) is 23.4. The standard InChI is InChI=1S/C24H27F3N4O/c1-16-18(21-28-12-9-13-29-21)19(22(32)30(5)15-23(2,3)4)31(20(16)24(25,26)27)14-17-10-7-6-8-11-17/h6-13H,14-15H2,1-5H3. The third-order valence-electron chi connectivity index (χ3n) is 5.01. The fourth-order valence-corrected chi connectivity index (χ4v) is 3.92. The van der Waals surface area contributed by atoms with Crippen molar-refractivity contribution in [3.05, 3.63) is 71.3 Å². The minimum Gasteiger partial charge on any atom is -0.340 e. The molecule has 0 bridgehead atoms. The first kappa shape index (κ1) is 23.5. The molecule has 8 heteroatoms. The van der Waals surface area contributed by atoms with E-state index in [1.165, 1.54) is 24.2 Å². The van der Waals surface area contributed by atoms with Gasteiger partial charge < -0.3 is 9.47 Å². The summed E-state index contributed by atoms with van der Waals surface area (Å²) in [6.07, 6.45) is -1.75. The summed E-state index contributed by atoms with van der Waals surface area (Å²) in [5.74, 6) is -0.410. The average Bonchev–Trinajstić information content (AvgIpc) is 2.99. The minimum absolute atomic E-state index is 0.0587. The van der Waals surface area contributed by atoms with Gasteiger partial charge in [-0.25, -0.2) is 9.97 Å². The number of aromatic nitrogens is 3. The Morgan fingerprint density at radius 2 is 1.62 bits per heavy atom. The minimum atomic E-state index is -4.66. The molecule has 0 saturated heterocycles. The number of nitrogens with zero attached hydrogens (tertiary/aromatic N) is 4. The van der Waals surface area contributed by atoms with Crippen LogP contribution in [0.3, 0.4) is 0 Å². The quantitative estimate of drug-likeness (QED) is 0.527. The third kappa shape index (κ3) is 5.00. The largest absolute Gasteiger partial charge is 0.431 e. The number of carbonyl (C=O) groups is 1. The van der Waals surface area contributed by atoms with E-state index in [9.17, 15) is 18.0 Å². The third-order valence-corrected chi connectivity index (χ3v) is 5.01. The molecule has 0 radical (unpaired) electrons. The first-order valence-corrected chi connectivity index (χ1v) is 10.3. The van der Waals surface area contributed by atoms with Crippen LogP contribution in [0.5, 0.6) is 0 Å². The lowest BCUT2D eigenvalue weighted by Crippen LogP contribution is -2.36. The van der Waals surface area contributed by atoms with Gasteiger partial charge in [0.25, 0.3) is 5.91 Å². The van der Waals surface area contributed by atoms with Gasteiger partial charge in [-0.1, -0.05) is 51.1 Å². The molecule has 0 atom stereocenters. The fourth-order valence-electron chi connectivity index (χ4n) is 3.92. The molecule has 32 heavy (non-hydrogen) atoms. The van der Waals surface area contributed by atoms with E-state index < -0.39 is 17.8 Å². The van der Waals surface area contributed by atoms with Crippen molar-refractivity contribution >= 4 is 5.91 Å². The van der Waals surface area contributed by atoms with Gasteiger partial charge in [-0.3, -0.25) is 4.79 Å². The highest BCUT2D eigenvalue weighted by molar-refractivity contribution is 6.00. The molecule has 0 N–H and O–H groups in total. The van der Waals surface area contributed by atoms with Gasteiger partial charge in [0, 0.05) is 32.5 Å². The molecule has 2 aromatic heterocycles. The number of benzene rings is 1. The topological polar surface area (TPSA) is 51.0 Å². The van der Waals surface area contributed by atoms with Crippen molar-refractivity contribution in [3.8, 4) is 11.4 Å². The Bertz CT molecular complexity index is 1080. The van der Waals surface area contributed by atoms with Crippen LogP contribution in [0.15, 0.2) is 48.8 Å². The molecule has 0 aliphatic rings. The number of alkyl halides is 3. The van der Waals surface area contributed by atoms with Crippen LogP contribution in [0.4, 0.5) is 13.2 Å². The molecule has 3 aromatic rings. The van der Waals surface area contributed by atoms with Crippen LogP contribution in [0.25, 0.3) is 11.4 Å². The van der Waals surface area contributed by atoms with E-state index >= 15 is 0 Å². The molecule has 5 nitrogen and oxygen atoms in total. The van der Waals surface area contributed by atoms with E-state index in [1.54, 1.807) is 43.4 Å². The van der Waals surface area contributed by atoms with Crippen LogP contribution in [-0.2, 0) is 12.7 Å². The van der Waals surface area contributed by atoms with Crippen LogP contribution in [-0.4, -0.2) is 38.9 Å². The lowest BCUT2D eigenvalue weighted by atomic mass is 9.96. The molecule has 0 aliphatic heterocycles. The van der Waals surface area contributed by atoms with Gasteiger partial charge in [-0.05, 0) is 29.5 Å². The van der Waals surface area contributed by atoms with Gasteiger partial charge in [0.2, 0.25) is 0 Å². The molecule has 1 aromatic carbocycles. The molecular formula is C24H27F3N4O. The lowest BCUT2D eigenvalue weighted by molar-refractivity contribution is -0.143. The molecule has 3 rings (SSSR count). The van der Waals surface area contributed by atoms with E-state index in [-0.39, 0.29) is 34.6 Å². The second kappa shape index (κ2) is 8.76. The number of carbonyl (C=O) groups excluding carboxylic acids is 1. The van der Waals surface area contributed by atoms with Crippen molar-refractivity contribution in [2.75, 3.05) is 13.6 Å². The van der Waals surface area contributed by atoms with Gasteiger partial charge in [-0.2, -0.15) is 13.2 Å². The molecule has 0 aliphatic carbocycles. The second-order valence-electron chi connectivity index (χ2n) is 9.06. The molecule has 1 amide bonds. The Labute approximate surface area is 185 Å². The summed E-state index contributed by atoms with van der Waals surface area (Å²) in [5.41, 5.74) is -0.451.